The highest BCUT2D eigenvalue weighted by Gasteiger charge is 2.38. The van der Waals surface area contributed by atoms with Crippen molar-refractivity contribution in [2.45, 2.75) is 57.7 Å². The van der Waals surface area contributed by atoms with Crippen molar-refractivity contribution in [1.29, 1.82) is 0 Å². The third kappa shape index (κ3) is 5.13. The first-order chi connectivity index (χ1) is 9.19. The minimum Gasteiger partial charge on any atom is -0.395 e. The second kappa shape index (κ2) is 6.59. The van der Waals surface area contributed by atoms with Crippen molar-refractivity contribution in [2.75, 3.05) is 19.7 Å². The van der Waals surface area contributed by atoms with Gasteiger partial charge in [0.05, 0.1) is 6.61 Å². The van der Waals surface area contributed by atoms with Crippen LogP contribution in [0.5, 0.6) is 0 Å². The second-order valence-corrected chi connectivity index (χ2v) is 6.91. The van der Waals surface area contributed by atoms with E-state index in [-0.39, 0.29) is 29.8 Å². The number of carbonyl (C=O) groups is 1. The molecule has 0 saturated carbocycles. The van der Waals surface area contributed by atoms with Crippen LogP contribution in [-0.4, -0.2) is 52.9 Å². The number of carbonyl (C=O) groups excluding carboxylic acids is 1. The van der Waals surface area contributed by atoms with Crippen molar-refractivity contribution < 1.29 is 9.90 Å². The van der Waals surface area contributed by atoms with E-state index in [9.17, 15) is 4.79 Å². The molecule has 1 heterocycles. The van der Waals surface area contributed by atoms with Gasteiger partial charge < -0.3 is 20.6 Å². The Morgan fingerprint density at radius 2 is 1.95 bits per heavy atom. The minimum atomic E-state index is -0.127. The van der Waals surface area contributed by atoms with Crippen molar-refractivity contribution in [3.05, 3.63) is 12.7 Å². The van der Waals surface area contributed by atoms with E-state index in [1.54, 1.807) is 11.0 Å². The third-order valence-electron chi connectivity index (χ3n) is 3.52. The summed E-state index contributed by atoms with van der Waals surface area (Å²) in [5.74, 6) is 0. The maximum atomic E-state index is 12.2. The van der Waals surface area contributed by atoms with E-state index in [1.807, 2.05) is 0 Å². The molecule has 0 aromatic rings. The summed E-state index contributed by atoms with van der Waals surface area (Å²) in [5.41, 5.74) is -0.000115. The van der Waals surface area contributed by atoms with Crippen molar-refractivity contribution in [3.8, 4) is 0 Å². The van der Waals surface area contributed by atoms with Gasteiger partial charge in [-0.05, 0) is 40.5 Å². The van der Waals surface area contributed by atoms with Gasteiger partial charge in [0.25, 0.3) is 0 Å². The van der Waals surface area contributed by atoms with E-state index >= 15 is 0 Å². The average molecular weight is 283 g/mol. The van der Waals surface area contributed by atoms with Gasteiger partial charge in [0.1, 0.15) is 0 Å². The van der Waals surface area contributed by atoms with Gasteiger partial charge in [0, 0.05) is 30.2 Å². The molecule has 116 valence electrons. The molecule has 0 atom stereocenters. The summed E-state index contributed by atoms with van der Waals surface area (Å²) in [6.45, 7) is 13.0. The molecule has 20 heavy (non-hydrogen) atoms. The number of aliphatic hydroxyl groups is 1. The topological polar surface area (TPSA) is 64.6 Å². The minimum absolute atomic E-state index is 0.0000575. The van der Waals surface area contributed by atoms with Crippen LogP contribution in [0.4, 0.5) is 4.79 Å². The number of nitrogens with one attached hydrogen (secondary N) is 2. The van der Waals surface area contributed by atoms with Crippen molar-refractivity contribution in [3.63, 3.8) is 0 Å². The first-order valence-electron chi connectivity index (χ1n) is 7.26. The van der Waals surface area contributed by atoms with Crippen LogP contribution in [0.2, 0.25) is 0 Å². The monoisotopic (exact) mass is 283 g/mol. The molecule has 3 N–H and O–H groups in total. The zero-order valence-corrected chi connectivity index (χ0v) is 13.2. The van der Waals surface area contributed by atoms with Crippen molar-refractivity contribution >= 4 is 6.03 Å². The molecule has 0 bridgehead atoms. The van der Waals surface area contributed by atoms with Gasteiger partial charge >= 0.3 is 6.03 Å². The van der Waals surface area contributed by atoms with Crippen LogP contribution in [-0.2, 0) is 0 Å². The molecular formula is C15H29N3O2. The fraction of sp³-hybridized carbons (Fsp3) is 0.800. The molecule has 1 fully saturated rings. The summed E-state index contributed by atoms with van der Waals surface area (Å²) >= 11 is 0. The van der Waals surface area contributed by atoms with Gasteiger partial charge in [-0.25, -0.2) is 4.79 Å². The standard InChI is InChI=1S/C15H29N3O2/c1-6-7-18(8-9-19)13(20)16-12-10-14(2,3)17-15(4,5)11-12/h6,12,17,19H,1,7-11H2,2-5H3,(H,16,20). The smallest absolute Gasteiger partial charge is 0.317 e. The fourth-order valence-corrected chi connectivity index (χ4v) is 3.24. The highest BCUT2D eigenvalue weighted by molar-refractivity contribution is 5.74. The Kier molecular flexibility index (Phi) is 5.59. The predicted molar refractivity (Wildman–Crippen MR) is 81.7 cm³/mol. The molecule has 5 heteroatoms. The molecule has 2 amide bonds. The van der Waals surface area contributed by atoms with E-state index < -0.39 is 0 Å². The largest absolute Gasteiger partial charge is 0.395 e. The third-order valence-corrected chi connectivity index (χ3v) is 3.52. The van der Waals surface area contributed by atoms with Crippen LogP contribution in [0, 0.1) is 0 Å². The van der Waals surface area contributed by atoms with Gasteiger partial charge in [-0.2, -0.15) is 0 Å². The molecule has 1 aliphatic rings. The number of hydrogen-bond donors (Lipinski definition) is 3. The van der Waals surface area contributed by atoms with Gasteiger partial charge in [-0.3, -0.25) is 0 Å². The van der Waals surface area contributed by atoms with Crippen LogP contribution in [0.25, 0.3) is 0 Å². The number of aliphatic hydroxyl groups excluding tert-OH is 1. The molecule has 5 nitrogen and oxygen atoms in total. The van der Waals surface area contributed by atoms with Crippen molar-refractivity contribution in [2.24, 2.45) is 0 Å². The normalized spacial score (nSPS) is 21.2. The zero-order chi connectivity index (χ0) is 15.4. The lowest BCUT2D eigenvalue weighted by Gasteiger charge is -2.46. The fourth-order valence-electron chi connectivity index (χ4n) is 3.24. The number of hydrogen-bond acceptors (Lipinski definition) is 3. The summed E-state index contributed by atoms with van der Waals surface area (Å²) in [6, 6.07) is 0.0113. The van der Waals surface area contributed by atoms with E-state index in [4.69, 9.17) is 5.11 Å². The first-order valence-corrected chi connectivity index (χ1v) is 7.26. The second-order valence-electron chi connectivity index (χ2n) is 6.91. The molecular weight excluding hydrogens is 254 g/mol. The summed E-state index contributed by atoms with van der Waals surface area (Å²) in [5, 5.41) is 15.7. The molecule has 1 rings (SSSR count). The Hall–Kier alpha value is -1.07. The van der Waals surface area contributed by atoms with Crippen LogP contribution in [0.1, 0.15) is 40.5 Å². The molecule has 0 radical (unpaired) electrons. The Labute approximate surface area is 122 Å². The van der Waals surface area contributed by atoms with E-state index in [2.05, 4.69) is 44.9 Å². The number of piperidine rings is 1. The van der Waals surface area contributed by atoms with Gasteiger partial charge in [-0.1, -0.05) is 6.08 Å². The highest BCUT2D eigenvalue weighted by Crippen LogP contribution is 2.28. The average Bonchev–Trinajstić information content (AvgIpc) is 2.24. The summed E-state index contributed by atoms with van der Waals surface area (Å²) in [4.78, 5) is 13.8. The Bertz CT molecular complexity index is 337. The van der Waals surface area contributed by atoms with Gasteiger partial charge in [0.15, 0.2) is 0 Å². The van der Waals surface area contributed by atoms with E-state index in [0.29, 0.717) is 13.1 Å². The summed E-state index contributed by atoms with van der Waals surface area (Å²) in [6.07, 6.45) is 3.46. The van der Waals surface area contributed by atoms with Crippen molar-refractivity contribution in [1.82, 2.24) is 15.5 Å². The zero-order valence-electron chi connectivity index (χ0n) is 13.2. The van der Waals surface area contributed by atoms with Gasteiger partial charge in [-0.15, -0.1) is 6.58 Å². The number of rotatable bonds is 5. The Morgan fingerprint density at radius 3 is 2.40 bits per heavy atom. The number of amides is 2. The Balaban J connectivity index is 2.66. The van der Waals surface area contributed by atoms with E-state index in [1.165, 1.54) is 0 Å². The molecule has 1 aliphatic heterocycles. The van der Waals surface area contributed by atoms with E-state index in [0.717, 1.165) is 12.8 Å². The van der Waals surface area contributed by atoms with Crippen LogP contribution >= 0.6 is 0 Å². The predicted octanol–water partition coefficient (Wildman–Crippen LogP) is 1.49. The molecule has 1 saturated heterocycles. The molecule has 0 aromatic heterocycles. The molecule has 0 unspecified atom stereocenters. The number of urea groups is 1. The maximum Gasteiger partial charge on any atom is 0.317 e. The maximum absolute atomic E-state index is 12.2. The van der Waals surface area contributed by atoms with Gasteiger partial charge in [0.2, 0.25) is 0 Å². The van der Waals surface area contributed by atoms with Crippen LogP contribution in [0.15, 0.2) is 12.7 Å². The Morgan fingerprint density at radius 1 is 1.40 bits per heavy atom. The summed E-state index contributed by atoms with van der Waals surface area (Å²) < 4.78 is 0. The number of nitrogens with zero attached hydrogens (tertiary/aromatic N) is 1. The molecule has 0 aromatic carbocycles. The first kappa shape index (κ1) is 17.0. The lowest BCUT2D eigenvalue weighted by atomic mass is 9.80. The molecule has 0 aliphatic carbocycles. The lowest BCUT2D eigenvalue weighted by Crippen LogP contribution is -2.63. The lowest BCUT2D eigenvalue weighted by molar-refractivity contribution is 0.136. The highest BCUT2D eigenvalue weighted by atomic mass is 16.3. The SMILES string of the molecule is C=CCN(CCO)C(=O)NC1CC(C)(C)NC(C)(C)C1. The van der Waals surface area contributed by atoms with Crippen LogP contribution in [0.3, 0.4) is 0 Å². The molecule has 0 spiro atoms. The van der Waals surface area contributed by atoms with Crippen LogP contribution < -0.4 is 10.6 Å². The quantitative estimate of drug-likeness (QED) is 0.670. The summed E-state index contributed by atoms with van der Waals surface area (Å²) in [7, 11) is 0.